The zero-order valence-electron chi connectivity index (χ0n) is 15.9. The highest BCUT2D eigenvalue weighted by Gasteiger charge is 2.25. The number of nitrogens with one attached hydrogen (secondary N) is 1. The summed E-state index contributed by atoms with van der Waals surface area (Å²) in [5.74, 6) is -0.975. The van der Waals surface area contributed by atoms with Gasteiger partial charge in [-0.05, 0) is 29.9 Å². The van der Waals surface area contributed by atoms with Gasteiger partial charge in [-0.1, -0.05) is 24.3 Å². The molecule has 0 atom stereocenters. The van der Waals surface area contributed by atoms with Crippen LogP contribution in [-0.2, 0) is 20.9 Å². The summed E-state index contributed by atoms with van der Waals surface area (Å²) in [5, 5.41) is 10.9. The van der Waals surface area contributed by atoms with E-state index >= 15 is 0 Å². The number of benzene rings is 1. The fraction of sp³-hybridized carbons (Fsp3) is 0.368. The summed E-state index contributed by atoms with van der Waals surface area (Å²) < 4.78 is 4.51. The molecular weight excluding hydrogens is 378 g/mol. The van der Waals surface area contributed by atoms with Crippen molar-refractivity contribution in [3.05, 3.63) is 46.4 Å². The molecule has 0 bridgehead atoms. The summed E-state index contributed by atoms with van der Waals surface area (Å²) in [6.45, 7) is 5.35. The van der Waals surface area contributed by atoms with E-state index in [4.69, 9.17) is 0 Å². The number of hydrogen-bond acceptors (Lipinski definition) is 8. The lowest BCUT2D eigenvalue weighted by Crippen LogP contribution is -2.43. The summed E-state index contributed by atoms with van der Waals surface area (Å²) in [6, 6.07) is 8.18. The number of esters is 1. The number of carbonyl (C=O) groups is 2. The second-order valence-electron chi connectivity index (χ2n) is 6.56. The third-order valence-electron chi connectivity index (χ3n) is 4.44. The molecule has 0 spiro atoms. The Morgan fingerprint density at radius 2 is 1.96 bits per heavy atom. The Bertz CT molecular complexity index is 811. The number of carbonyl (C=O) groups excluding carboxylic acids is 2. The number of hydrogen-bond donors (Lipinski definition) is 1. The molecule has 148 valence electrons. The van der Waals surface area contributed by atoms with Gasteiger partial charge in [-0.25, -0.2) is 4.79 Å². The van der Waals surface area contributed by atoms with E-state index in [9.17, 15) is 9.59 Å². The SMILES string of the molecule is COC(=O)/C=C1/S/C(=N\N=Cc2ccc(CN3CCN(C)CC3)cc2)NC1=O. The van der Waals surface area contributed by atoms with Crippen molar-refractivity contribution < 1.29 is 14.3 Å². The minimum absolute atomic E-state index is 0.231. The number of rotatable bonds is 5. The molecule has 1 aromatic carbocycles. The van der Waals surface area contributed by atoms with Gasteiger partial charge < -0.3 is 9.64 Å². The standard InChI is InChI=1S/C19H23N5O3S/c1-23-7-9-24(10-8-23)13-15-5-3-14(4-6-15)12-20-22-19-21-18(26)16(28-19)11-17(25)27-2/h3-6,11-12H,7-10,13H2,1-2H3,(H,21,22,26)/b16-11+,20-12?. The molecule has 0 aliphatic carbocycles. The number of likely N-dealkylation sites (N-methyl/N-ethyl adjacent to an activating group) is 1. The topological polar surface area (TPSA) is 86.6 Å². The number of nitrogens with zero attached hydrogens (tertiary/aromatic N) is 4. The van der Waals surface area contributed by atoms with E-state index in [2.05, 4.69) is 49.2 Å². The lowest BCUT2D eigenvalue weighted by molar-refractivity contribution is -0.135. The van der Waals surface area contributed by atoms with Crippen molar-refractivity contribution in [3.8, 4) is 0 Å². The minimum Gasteiger partial charge on any atom is -0.466 e. The predicted molar refractivity (Wildman–Crippen MR) is 110 cm³/mol. The third kappa shape index (κ3) is 5.75. The summed E-state index contributed by atoms with van der Waals surface area (Å²) in [5.41, 5.74) is 2.19. The highest BCUT2D eigenvalue weighted by atomic mass is 32.2. The molecule has 3 rings (SSSR count). The van der Waals surface area contributed by atoms with Crippen molar-refractivity contribution in [3.63, 3.8) is 0 Å². The quantitative estimate of drug-likeness (QED) is 0.343. The van der Waals surface area contributed by atoms with Gasteiger partial charge in [-0.15, -0.1) is 5.10 Å². The van der Waals surface area contributed by atoms with Crippen molar-refractivity contribution in [2.75, 3.05) is 40.3 Å². The molecular formula is C19H23N5O3S. The van der Waals surface area contributed by atoms with E-state index in [-0.39, 0.29) is 4.91 Å². The fourth-order valence-electron chi connectivity index (χ4n) is 2.76. The molecule has 0 radical (unpaired) electrons. The molecule has 1 N–H and O–H groups in total. The zero-order valence-corrected chi connectivity index (χ0v) is 16.7. The smallest absolute Gasteiger partial charge is 0.331 e. The first-order chi connectivity index (χ1) is 13.5. The van der Waals surface area contributed by atoms with Gasteiger partial charge in [0.25, 0.3) is 5.91 Å². The van der Waals surface area contributed by atoms with Gasteiger partial charge in [0.1, 0.15) is 0 Å². The van der Waals surface area contributed by atoms with Crippen LogP contribution in [0, 0.1) is 0 Å². The second kappa shape index (κ2) is 9.63. The van der Waals surface area contributed by atoms with Crippen molar-refractivity contribution in [1.29, 1.82) is 0 Å². The van der Waals surface area contributed by atoms with Crippen LogP contribution in [-0.4, -0.2) is 73.4 Å². The summed E-state index contributed by atoms with van der Waals surface area (Å²) in [6.07, 6.45) is 2.76. The first-order valence-electron chi connectivity index (χ1n) is 8.93. The zero-order chi connectivity index (χ0) is 19.9. The molecule has 1 amide bonds. The maximum absolute atomic E-state index is 11.7. The van der Waals surface area contributed by atoms with Gasteiger partial charge >= 0.3 is 5.97 Å². The van der Waals surface area contributed by atoms with Crippen LogP contribution in [0.5, 0.6) is 0 Å². The highest BCUT2D eigenvalue weighted by Crippen LogP contribution is 2.23. The molecule has 0 saturated carbocycles. The van der Waals surface area contributed by atoms with Crippen LogP contribution in [0.1, 0.15) is 11.1 Å². The largest absolute Gasteiger partial charge is 0.466 e. The first-order valence-corrected chi connectivity index (χ1v) is 9.75. The normalized spacial score (nSPS) is 21.6. The van der Waals surface area contributed by atoms with Crippen LogP contribution >= 0.6 is 11.8 Å². The van der Waals surface area contributed by atoms with Crippen LogP contribution in [0.3, 0.4) is 0 Å². The van der Waals surface area contributed by atoms with Crippen molar-refractivity contribution >= 4 is 35.0 Å². The number of piperazine rings is 1. The van der Waals surface area contributed by atoms with E-state index < -0.39 is 11.9 Å². The van der Waals surface area contributed by atoms with E-state index in [1.54, 1.807) is 6.21 Å². The molecule has 2 aliphatic heterocycles. The number of ether oxygens (including phenoxy) is 1. The van der Waals surface area contributed by atoms with Crippen LogP contribution in [0.4, 0.5) is 0 Å². The van der Waals surface area contributed by atoms with E-state index in [1.807, 2.05) is 12.1 Å². The minimum atomic E-state index is -0.584. The summed E-state index contributed by atoms with van der Waals surface area (Å²) in [4.78, 5) is 28.0. The number of methoxy groups -OCH3 is 1. The van der Waals surface area contributed by atoms with E-state index in [0.717, 1.165) is 56.1 Å². The molecule has 2 aliphatic rings. The number of amidine groups is 1. The first kappa shape index (κ1) is 20.2. The Morgan fingerprint density at radius 1 is 1.25 bits per heavy atom. The molecule has 9 heteroatoms. The lowest BCUT2D eigenvalue weighted by Gasteiger charge is -2.32. The maximum Gasteiger partial charge on any atom is 0.331 e. The average Bonchev–Trinajstić information content (AvgIpc) is 3.04. The fourth-order valence-corrected chi connectivity index (χ4v) is 3.50. The maximum atomic E-state index is 11.7. The highest BCUT2D eigenvalue weighted by molar-refractivity contribution is 8.18. The average molecular weight is 401 g/mol. The lowest BCUT2D eigenvalue weighted by atomic mass is 10.1. The van der Waals surface area contributed by atoms with Crippen LogP contribution in [0.15, 0.2) is 45.4 Å². The number of amides is 1. The van der Waals surface area contributed by atoms with Crippen molar-refractivity contribution in [2.45, 2.75) is 6.54 Å². The van der Waals surface area contributed by atoms with Gasteiger partial charge in [0, 0.05) is 38.8 Å². The Hall–Kier alpha value is -2.49. The predicted octanol–water partition coefficient (Wildman–Crippen LogP) is 1.04. The second-order valence-corrected chi connectivity index (χ2v) is 7.59. The summed E-state index contributed by atoms with van der Waals surface area (Å²) >= 11 is 1.05. The van der Waals surface area contributed by atoms with Crippen LogP contribution in [0.2, 0.25) is 0 Å². The molecule has 2 saturated heterocycles. The Kier molecular flexibility index (Phi) is 6.96. The van der Waals surface area contributed by atoms with Gasteiger partial charge in [-0.3, -0.25) is 15.0 Å². The van der Waals surface area contributed by atoms with Gasteiger partial charge in [0.15, 0.2) is 5.17 Å². The number of thioether (sulfide) groups is 1. The molecule has 1 aromatic rings. The Labute approximate surface area is 168 Å². The molecule has 0 unspecified atom stereocenters. The summed E-state index contributed by atoms with van der Waals surface area (Å²) in [7, 11) is 3.41. The Balaban J connectivity index is 1.53. The molecule has 2 fully saturated rings. The van der Waals surface area contributed by atoms with Crippen LogP contribution < -0.4 is 5.32 Å². The molecule has 8 nitrogen and oxygen atoms in total. The van der Waals surface area contributed by atoms with E-state index in [1.165, 1.54) is 12.7 Å². The molecule has 0 aromatic heterocycles. The monoisotopic (exact) mass is 401 g/mol. The van der Waals surface area contributed by atoms with Crippen LogP contribution in [0.25, 0.3) is 0 Å². The third-order valence-corrected chi connectivity index (χ3v) is 5.34. The Morgan fingerprint density at radius 3 is 2.64 bits per heavy atom. The molecule has 2 heterocycles. The van der Waals surface area contributed by atoms with Gasteiger partial charge in [0.05, 0.1) is 18.2 Å². The van der Waals surface area contributed by atoms with E-state index in [0.29, 0.717) is 5.17 Å². The molecule has 28 heavy (non-hydrogen) atoms. The van der Waals surface area contributed by atoms with Gasteiger partial charge in [0.2, 0.25) is 0 Å². The van der Waals surface area contributed by atoms with Crippen molar-refractivity contribution in [1.82, 2.24) is 15.1 Å². The van der Waals surface area contributed by atoms with Gasteiger partial charge in [-0.2, -0.15) is 5.10 Å². The van der Waals surface area contributed by atoms with Crippen molar-refractivity contribution in [2.24, 2.45) is 10.2 Å².